The molecule has 0 aliphatic heterocycles. The Morgan fingerprint density at radius 1 is 1.19 bits per heavy atom. The van der Waals surface area contributed by atoms with Crippen molar-refractivity contribution in [2.24, 2.45) is 0 Å². The predicted octanol–water partition coefficient (Wildman–Crippen LogP) is 7.34. The van der Waals surface area contributed by atoms with Crippen LogP contribution < -0.4 is 5.32 Å². The Morgan fingerprint density at radius 3 is 2.65 bits per heavy atom. The van der Waals surface area contributed by atoms with Crippen LogP contribution in [0.5, 0.6) is 0 Å². The minimum atomic E-state index is -0.0444. The van der Waals surface area contributed by atoms with Crippen molar-refractivity contribution in [3.63, 3.8) is 0 Å². The van der Waals surface area contributed by atoms with Gasteiger partial charge in [-0.2, -0.15) is 0 Å². The molecule has 0 aliphatic rings. The highest BCUT2D eigenvalue weighted by molar-refractivity contribution is 7.99. The Bertz CT molecular complexity index is 893. The maximum absolute atomic E-state index is 12.1. The van der Waals surface area contributed by atoms with Crippen molar-refractivity contribution in [2.75, 3.05) is 11.1 Å². The maximum Gasteiger partial charge on any atom is 0.226 e. The summed E-state index contributed by atoms with van der Waals surface area (Å²) < 4.78 is 1.21. The molecule has 0 spiro atoms. The van der Waals surface area contributed by atoms with Gasteiger partial charge in [0.2, 0.25) is 5.91 Å². The highest BCUT2D eigenvalue weighted by Crippen LogP contribution is 2.39. The highest BCUT2D eigenvalue weighted by atomic mass is 35.5. The van der Waals surface area contributed by atoms with E-state index in [0.29, 0.717) is 20.2 Å². The molecule has 2 aromatic heterocycles. The van der Waals surface area contributed by atoms with Crippen LogP contribution in [0.2, 0.25) is 13.7 Å². The van der Waals surface area contributed by atoms with Crippen LogP contribution in [0.3, 0.4) is 0 Å². The number of hydrogen-bond donors (Lipinski definition) is 1. The summed E-state index contributed by atoms with van der Waals surface area (Å²) in [6, 6.07) is 9.47. The second-order valence-electron chi connectivity index (χ2n) is 5.23. The van der Waals surface area contributed by atoms with E-state index in [9.17, 15) is 4.79 Å². The monoisotopic (exact) mass is 462 g/mol. The standard InChI is InChI=1S/C17H13Cl3N2OS3/c18-10-3-5-11(6-4-10)24-7-1-2-15(23)22-17-21-13(9-25-17)12-8-14(19)26-16(12)20/h3-6,8-9H,1-2,7H2,(H,21,22,23). The summed E-state index contributed by atoms with van der Waals surface area (Å²) in [4.78, 5) is 17.6. The molecule has 3 nitrogen and oxygen atoms in total. The third-order valence-electron chi connectivity index (χ3n) is 3.31. The molecule has 136 valence electrons. The van der Waals surface area contributed by atoms with Crippen LogP contribution >= 0.6 is 69.2 Å². The second-order valence-corrected chi connectivity index (χ2v) is 9.98. The summed E-state index contributed by atoms with van der Waals surface area (Å²) in [7, 11) is 0. The number of thioether (sulfide) groups is 1. The molecule has 1 N–H and O–H groups in total. The molecule has 0 radical (unpaired) electrons. The molecule has 9 heteroatoms. The van der Waals surface area contributed by atoms with Crippen molar-refractivity contribution in [3.8, 4) is 11.3 Å². The van der Waals surface area contributed by atoms with E-state index >= 15 is 0 Å². The van der Waals surface area contributed by atoms with E-state index in [1.807, 2.05) is 29.6 Å². The number of amides is 1. The SMILES string of the molecule is O=C(CCCSc1ccc(Cl)cc1)Nc1nc(-c2cc(Cl)sc2Cl)cs1. The molecule has 0 bridgehead atoms. The third kappa shape index (κ3) is 5.62. The van der Waals surface area contributed by atoms with Gasteiger partial charge in [-0.05, 0) is 42.5 Å². The van der Waals surface area contributed by atoms with Crippen LogP contribution in [0.15, 0.2) is 40.6 Å². The van der Waals surface area contributed by atoms with Gasteiger partial charge in [0.1, 0.15) is 4.34 Å². The average molecular weight is 464 g/mol. The molecule has 0 fully saturated rings. The lowest BCUT2D eigenvalue weighted by molar-refractivity contribution is -0.116. The third-order valence-corrected chi connectivity index (χ3v) is 6.91. The van der Waals surface area contributed by atoms with E-state index in [2.05, 4.69) is 10.3 Å². The highest BCUT2D eigenvalue weighted by Gasteiger charge is 2.13. The van der Waals surface area contributed by atoms with Gasteiger partial charge in [0, 0.05) is 27.3 Å². The Balaban J connectivity index is 1.45. The zero-order valence-electron chi connectivity index (χ0n) is 13.3. The van der Waals surface area contributed by atoms with Crippen LogP contribution in [0.4, 0.5) is 5.13 Å². The molecular formula is C17H13Cl3N2OS3. The van der Waals surface area contributed by atoms with Crippen LogP contribution in [0.25, 0.3) is 11.3 Å². The van der Waals surface area contributed by atoms with E-state index in [-0.39, 0.29) is 5.91 Å². The first-order valence-electron chi connectivity index (χ1n) is 7.60. The van der Waals surface area contributed by atoms with Crippen molar-refractivity contribution in [1.29, 1.82) is 0 Å². The van der Waals surface area contributed by atoms with Gasteiger partial charge >= 0.3 is 0 Å². The van der Waals surface area contributed by atoms with E-state index in [1.165, 1.54) is 22.7 Å². The molecule has 0 aliphatic carbocycles. The Kier molecular flexibility index (Phi) is 7.26. The molecule has 1 aromatic carbocycles. The number of thiazole rings is 1. The van der Waals surface area contributed by atoms with E-state index in [1.54, 1.807) is 17.8 Å². The lowest BCUT2D eigenvalue weighted by Crippen LogP contribution is -2.11. The van der Waals surface area contributed by atoms with Crippen molar-refractivity contribution >= 4 is 80.3 Å². The van der Waals surface area contributed by atoms with Crippen LogP contribution in [0.1, 0.15) is 12.8 Å². The van der Waals surface area contributed by atoms with E-state index < -0.39 is 0 Å². The molecule has 0 saturated heterocycles. The summed E-state index contributed by atoms with van der Waals surface area (Å²) in [5.74, 6) is 0.818. The fourth-order valence-corrected chi connectivity index (χ4v) is 5.29. The molecule has 0 atom stereocenters. The number of carbonyl (C=O) groups is 1. The molecule has 0 unspecified atom stereocenters. The number of benzene rings is 1. The average Bonchev–Trinajstić information content (AvgIpc) is 3.19. The summed E-state index contributed by atoms with van der Waals surface area (Å²) in [5.41, 5.74) is 1.51. The summed E-state index contributed by atoms with van der Waals surface area (Å²) in [6.07, 6.45) is 1.23. The predicted molar refractivity (Wildman–Crippen MR) is 115 cm³/mol. The number of halogens is 3. The Hall–Kier alpha value is -0.760. The minimum absolute atomic E-state index is 0.0444. The van der Waals surface area contributed by atoms with Crippen molar-refractivity contribution in [3.05, 3.63) is 49.4 Å². The van der Waals surface area contributed by atoms with Crippen molar-refractivity contribution in [2.45, 2.75) is 17.7 Å². The number of anilines is 1. The molecule has 26 heavy (non-hydrogen) atoms. The van der Waals surface area contributed by atoms with E-state index in [0.717, 1.165) is 33.3 Å². The molecule has 0 saturated carbocycles. The molecule has 3 aromatic rings. The van der Waals surface area contributed by atoms with Crippen molar-refractivity contribution in [1.82, 2.24) is 4.98 Å². The van der Waals surface area contributed by atoms with Gasteiger partial charge in [-0.1, -0.05) is 34.8 Å². The van der Waals surface area contributed by atoms with Gasteiger partial charge in [-0.25, -0.2) is 4.98 Å². The van der Waals surface area contributed by atoms with Crippen molar-refractivity contribution < 1.29 is 4.79 Å². The van der Waals surface area contributed by atoms with Crippen LogP contribution in [-0.4, -0.2) is 16.6 Å². The molecule has 1 amide bonds. The fourth-order valence-electron chi connectivity index (χ4n) is 2.11. The molecule has 3 rings (SSSR count). The Morgan fingerprint density at radius 2 is 1.96 bits per heavy atom. The topological polar surface area (TPSA) is 42.0 Å². The number of nitrogens with zero attached hydrogens (tertiary/aromatic N) is 1. The van der Waals surface area contributed by atoms with Gasteiger partial charge in [-0.15, -0.1) is 34.4 Å². The lowest BCUT2D eigenvalue weighted by atomic mass is 10.3. The minimum Gasteiger partial charge on any atom is -0.302 e. The quantitative estimate of drug-likeness (QED) is 0.294. The van der Waals surface area contributed by atoms with Gasteiger partial charge in [-0.3, -0.25) is 4.79 Å². The number of rotatable bonds is 7. The first kappa shape index (κ1) is 20.0. The summed E-state index contributed by atoms with van der Waals surface area (Å²) in [5, 5.41) is 5.98. The zero-order chi connectivity index (χ0) is 18.5. The van der Waals surface area contributed by atoms with Crippen LogP contribution in [0, 0.1) is 0 Å². The number of thiophene rings is 1. The molecule has 2 heterocycles. The van der Waals surface area contributed by atoms with Gasteiger partial charge in [0.05, 0.1) is 10.0 Å². The largest absolute Gasteiger partial charge is 0.302 e. The first-order chi connectivity index (χ1) is 12.5. The summed E-state index contributed by atoms with van der Waals surface area (Å²) in [6.45, 7) is 0. The number of aromatic nitrogens is 1. The number of carbonyl (C=O) groups excluding carboxylic acids is 1. The molecular weight excluding hydrogens is 451 g/mol. The van der Waals surface area contributed by atoms with E-state index in [4.69, 9.17) is 34.8 Å². The normalized spacial score (nSPS) is 10.9. The Labute approximate surface area is 178 Å². The van der Waals surface area contributed by atoms with Crippen LogP contribution in [-0.2, 0) is 4.79 Å². The first-order valence-corrected chi connectivity index (χ1v) is 11.4. The lowest BCUT2D eigenvalue weighted by Gasteiger charge is -2.03. The smallest absolute Gasteiger partial charge is 0.226 e. The maximum atomic E-state index is 12.1. The fraction of sp³-hybridized carbons (Fsp3) is 0.176. The van der Waals surface area contributed by atoms with Gasteiger partial charge < -0.3 is 5.32 Å². The zero-order valence-corrected chi connectivity index (χ0v) is 18.0. The summed E-state index contributed by atoms with van der Waals surface area (Å²) >= 11 is 22.3. The van der Waals surface area contributed by atoms with Gasteiger partial charge in [0.25, 0.3) is 0 Å². The number of hydrogen-bond acceptors (Lipinski definition) is 5. The van der Waals surface area contributed by atoms with Gasteiger partial charge in [0.15, 0.2) is 5.13 Å². The second kappa shape index (κ2) is 9.44. The number of nitrogens with one attached hydrogen (secondary N) is 1.